The SMILES string of the molecule is CCOC(=O)C1=C(C)N=c2s/c(=C\c3ccc(N4CCC(N(C)C)CC4)o3)c(=O)n2[C@H]1c1ccc(N(C)C)cc1. The molecule has 2 aliphatic rings. The average molecular weight is 564 g/mol. The van der Waals surface area contributed by atoms with Gasteiger partial charge in [-0.05, 0) is 64.5 Å². The third-order valence-corrected chi connectivity index (χ3v) is 8.62. The molecule has 0 aliphatic carbocycles. The first-order valence-corrected chi connectivity index (χ1v) is 14.5. The van der Waals surface area contributed by atoms with Gasteiger partial charge >= 0.3 is 5.97 Å². The third-order valence-electron chi connectivity index (χ3n) is 7.63. The van der Waals surface area contributed by atoms with Crippen molar-refractivity contribution in [2.75, 3.05) is 57.7 Å². The fourth-order valence-electron chi connectivity index (χ4n) is 5.38. The van der Waals surface area contributed by atoms with E-state index in [1.807, 2.05) is 55.4 Å². The minimum atomic E-state index is -0.640. The van der Waals surface area contributed by atoms with Crippen LogP contribution in [0.5, 0.6) is 0 Å². The summed E-state index contributed by atoms with van der Waals surface area (Å²) in [6.07, 6.45) is 3.94. The largest absolute Gasteiger partial charge is 0.463 e. The van der Waals surface area contributed by atoms with Gasteiger partial charge in [-0.1, -0.05) is 23.5 Å². The number of hydrogen-bond donors (Lipinski definition) is 0. The van der Waals surface area contributed by atoms with Crippen LogP contribution in [0.4, 0.5) is 11.6 Å². The number of rotatable bonds is 7. The molecule has 10 heteroatoms. The summed E-state index contributed by atoms with van der Waals surface area (Å²) in [5, 5.41) is 0. The molecule has 0 N–H and O–H groups in total. The number of anilines is 2. The van der Waals surface area contributed by atoms with Crippen LogP contribution < -0.4 is 24.7 Å². The summed E-state index contributed by atoms with van der Waals surface area (Å²) in [5.74, 6) is 0.965. The molecule has 1 atom stereocenters. The zero-order valence-electron chi connectivity index (χ0n) is 24.0. The molecule has 40 heavy (non-hydrogen) atoms. The van der Waals surface area contributed by atoms with Crippen LogP contribution in [0, 0.1) is 0 Å². The minimum Gasteiger partial charge on any atom is -0.463 e. The second-order valence-electron chi connectivity index (χ2n) is 10.6. The van der Waals surface area contributed by atoms with Crippen LogP contribution >= 0.6 is 11.3 Å². The predicted octanol–water partition coefficient (Wildman–Crippen LogP) is 2.99. The Morgan fingerprint density at radius 3 is 2.45 bits per heavy atom. The number of allylic oxidation sites excluding steroid dienone is 1. The van der Waals surface area contributed by atoms with Crippen molar-refractivity contribution >= 4 is 35.0 Å². The van der Waals surface area contributed by atoms with Crippen LogP contribution in [0.1, 0.15) is 44.1 Å². The van der Waals surface area contributed by atoms with Crippen molar-refractivity contribution in [3.63, 3.8) is 0 Å². The minimum absolute atomic E-state index is 0.218. The molecule has 2 aliphatic heterocycles. The number of piperidine rings is 1. The van der Waals surface area contributed by atoms with E-state index in [0.29, 0.717) is 32.4 Å². The summed E-state index contributed by atoms with van der Waals surface area (Å²) in [6.45, 7) is 5.66. The van der Waals surface area contributed by atoms with Crippen molar-refractivity contribution in [1.82, 2.24) is 9.47 Å². The van der Waals surface area contributed by atoms with Crippen LogP contribution in [-0.4, -0.2) is 69.4 Å². The third kappa shape index (κ3) is 5.38. The molecule has 9 nitrogen and oxygen atoms in total. The second-order valence-corrected chi connectivity index (χ2v) is 11.7. The molecule has 0 amide bonds. The summed E-state index contributed by atoms with van der Waals surface area (Å²) < 4.78 is 13.7. The van der Waals surface area contributed by atoms with E-state index in [4.69, 9.17) is 9.15 Å². The monoisotopic (exact) mass is 563 g/mol. The zero-order valence-corrected chi connectivity index (χ0v) is 24.8. The van der Waals surface area contributed by atoms with E-state index in [9.17, 15) is 9.59 Å². The molecule has 0 radical (unpaired) electrons. The lowest BCUT2D eigenvalue weighted by atomic mass is 9.95. The maximum atomic E-state index is 13.9. The number of aromatic nitrogens is 1. The number of carbonyl (C=O) groups excluding carboxylic acids is 1. The van der Waals surface area contributed by atoms with Gasteiger partial charge in [-0.25, -0.2) is 9.79 Å². The number of furan rings is 1. The quantitative estimate of drug-likeness (QED) is 0.409. The van der Waals surface area contributed by atoms with E-state index in [1.54, 1.807) is 24.5 Å². The summed E-state index contributed by atoms with van der Waals surface area (Å²) >= 11 is 1.30. The highest BCUT2D eigenvalue weighted by molar-refractivity contribution is 7.07. The van der Waals surface area contributed by atoms with Gasteiger partial charge in [0.15, 0.2) is 10.7 Å². The van der Waals surface area contributed by atoms with Gasteiger partial charge in [0.25, 0.3) is 5.56 Å². The van der Waals surface area contributed by atoms with Crippen LogP contribution in [0.15, 0.2) is 61.9 Å². The van der Waals surface area contributed by atoms with Crippen molar-refractivity contribution in [3.8, 4) is 0 Å². The molecule has 1 fully saturated rings. The van der Waals surface area contributed by atoms with Gasteiger partial charge in [0.05, 0.1) is 28.5 Å². The summed E-state index contributed by atoms with van der Waals surface area (Å²) in [7, 11) is 8.19. The smallest absolute Gasteiger partial charge is 0.338 e. The Labute approximate surface area is 238 Å². The summed E-state index contributed by atoms with van der Waals surface area (Å²) in [4.78, 5) is 38.7. The molecule has 0 saturated carbocycles. The number of nitrogens with zero attached hydrogens (tertiary/aromatic N) is 5. The molecule has 0 spiro atoms. The van der Waals surface area contributed by atoms with E-state index in [-0.39, 0.29) is 12.2 Å². The normalized spacial score (nSPS) is 18.2. The van der Waals surface area contributed by atoms with Gasteiger partial charge in [0.2, 0.25) is 0 Å². The lowest BCUT2D eigenvalue weighted by Crippen LogP contribution is -2.41. The molecule has 1 aromatic carbocycles. The molecular formula is C30H37N5O4S. The van der Waals surface area contributed by atoms with Gasteiger partial charge < -0.3 is 23.9 Å². The number of ether oxygens (including phenoxy) is 1. The van der Waals surface area contributed by atoms with Crippen molar-refractivity contribution < 1.29 is 13.9 Å². The zero-order chi connectivity index (χ0) is 28.6. The van der Waals surface area contributed by atoms with Crippen LogP contribution in [0.2, 0.25) is 0 Å². The first-order chi connectivity index (χ1) is 19.2. The Morgan fingerprint density at radius 2 is 1.82 bits per heavy atom. The highest BCUT2D eigenvalue weighted by Gasteiger charge is 2.33. The molecule has 1 saturated heterocycles. The highest BCUT2D eigenvalue weighted by Crippen LogP contribution is 2.32. The predicted molar refractivity (Wildman–Crippen MR) is 159 cm³/mol. The molecule has 5 rings (SSSR count). The van der Waals surface area contributed by atoms with Crippen LogP contribution in [-0.2, 0) is 9.53 Å². The van der Waals surface area contributed by atoms with Gasteiger partial charge in [0, 0.05) is 51.1 Å². The maximum Gasteiger partial charge on any atom is 0.338 e. The highest BCUT2D eigenvalue weighted by atomic mass is 32.1. The molecule has 2 aromatic heterocycles. The summed E-state index contributed by atoms with van der Waals surface area (Å²) in [5.41, 5.74) is 2.55. The Kier molecular flexibility index (Phi) is 8.00. The topological polar surface area (TPSA) is 83.5 Å². The standard InChI is InChI=1S/C30H37N5O4S/c1-7-38-29(37)26-19(2)31-30-35(27(26)20-8-10-21(11-9-20)32(3)4)28(36)24(40-30)18-23-12-13-25(39-23)34-16-14-22(15-17-34)33(5)6/h8-13,18,22,27H,7,14-17H2,1-6H3/b24-18-/t27-/m0/s1. The van der Waals surface area contributed by atoms with Crippen LogP contribution in [0.3, 0.4) is 0 Å². The molecule has 212 valence electrons. The Balaban J connectivity index is 1.52. The summed E-state index contributed by atoms with van der Waals surface area (Å²) in [6, 6.07) is 11.7. The molecular weight excluding hydrogens is 526 g/mol. The first kappa shape index (κ1) is 27.9. The van der Waals surface area contributed by atoms with Crippen molar-refractivity contribution in [2.24, 2.45) is 4.99 Å². The maximum absolute atomic E-state index is 13.9. The Bertz CT molecular complexity index is 1590. The molecule has 3 aromatic rings. The lowest BCUT2D eigenvalue weighted by Gasteiger charge is -2.35. The molecule has 0 bridgehead atoms. The number of fused-ring (bicyclic) bond motifs is 1. The lowest BCUT2D eigenvalue weighted by molar-refractivity contribution is -0.139. The van der Waals surface area contributed by atoms with Crippen molar-refractivity contribution in [3.05, 3.63) is 78.7 Å². The van der Waals surface area contributed by atoms with Crippen molar-refractivity contribution in [2.45, 2.75) is 38.8 Å². The Hall–Kier alpha value is -3.63. The fourth-order valence-corrected chi connectivity index (χ4v) is 6.41. The number of carbonyl (C=O) groups is 1. The van der Waals surface area contributed by atoms with Crippen molar-refractivity contribution in [1.29, 1.82) is 0 Å². The van der Waals surface area contributed by atoms with E-state index in [2.05, 4.69) is 28.9 Å². The fraction of sp³-hybridized carbons (Fsp3) is 0.433. The van der Waals surface area contributed by atoms with Gasteiger partial charge in [-0.2, -0.15) is 0 Å². The van der Waals surface area contributed by atoms with E-state index in [1.165, 1.54) is 11.3 Å². The number of thiazole rings is 1. The van der Waals surface area contributed by atoms with E-state index >= 15 is 0 Å². The van der Waals surface area contributed by atoms with Gasteiger partial charge in [-0.3, -0.25) is 9.36 Å². The second kappa shape index (κ2) is 11.5. The Morgan fingerprint density at radius 1 is 1.12 bits per heavy atom. The first-order valence-electron chi connectivity index (χ1n) is 13.7. The molecule has 4 heterocycles. The number of hydrogen-bond acceptors (Lipinski definition) is 9. The average Bonchev–Trinajstić information content (AvgIpc) is 3.52. The van der Waals surface area contributed by atoms with Gasteiger partial charge in [0.1, 0.15) is 5.76 Å². The number of benzene rings is 1. The van der Waals surface area contributed by atoms with E-state index in [0.717, 1.165) is 43.1 Å². The van der Waals surface area contributed by atoms with Gasteiger partial charge in [-0.15, -0.1) is 0 Å². The van der Waals surface area contributed by atoms with Crippen LogP contribution in [0.25, 0.3) is 6.08 Å². The molecule has 0 unspecified atom stereocenters. The number of esters is 1. The van der Waals surface area contributed by atoms with E-state index < -0.39 is 12.0 Å².